The first kappa shape index (κ1) is 25.2. The number of nitrogens with one attached hydrogen (secondary N) is 1. The Morgan fingerprint density at radius 3 is 2.38 bits per heavy atom. The molecule has 1 heterocycles. The molecule has 1 N–H and O–H groups in total. The lowest BCUT2D eigenvalue weighted by Gasteiger charge is -2.09. The zero-order valence-electron chi connectivity index (χ0n) is 17.5. The molecule has 4 rings (SSSR count). The topological polar surface area (TPSA) is 59.1 Å². The van der Waals surface area contributed by atoms with E-state index in [1.807, 2.05) is 0 Å². The molecule has 1 fully saturated rings. The van der Waals surface area contributed by atoms with Crippen LogP contribution in [0, 0.1) is 18.7 Å². The number of halogens is 6. The smallest absolute Gasteiger partial charge is 0.231 e. The molecule has 0 saturated heterocycles. The number of hydrogen-bond donors (Lipinski definition) is 1. The van der Waals surface area contributed by atoms with Gasteiger partial charge in [-0.2, -0.15) is 0 Å². The van der Waals surface area contributed by atoms with E-state index in [0.717, 1.165) is 6.20 Å². The molecule has 1 aliphatic rings. The van der Waals surface area contributed by atoms with E-state index in [1.165, 1.54) is 18.2 Å². The molecule has 0 spiro atoms. The molecular formula is C24H16Cl5FN2O2. The Kier molecular flexibility index (Phi) is 7.14. The van der Waals surface area contributed by atoms with Crippen LogP contribution in [-0.4, -0.2) is 21.0 Å². The van der Waals surface area contributed by atoms with Crippen molar-refractivity contribution < 1.29 is 14.0 Å². The molecule has 0 aliphatic heterocycles. The minimum Gasteiger partial charge on any atom is -0.326 e. The van der Waals surface area contributed by atoms with Gasteiger partial charge in [0.15, 0.2) is 5.78 Å². The molecule has 3 aromatic rings. The van der Waals surface area contributed by atoms with E-state index >= 15 is 0 Å². The summed E-state index contributed by atoms with van der Waals surface area (Å²) < 4.78 is 12.1. The second kappa shape index (κ2) is 9.63. The average Bonchev–Trinajstić information content (AvgIpc) is 3.33. The third kappa shape index (κ3) is 5.19. The van der Waals surface area contributed by atoms with Gasteiger partial charge in [0.25, 0.3) is 0 Å². The zero-order chi connectivity index (χ0) is 24.8. The highest BCUT2D eigenvalue weighted by Crippen LogP contribution is 2.65. The highest BCUT2D eigenvalue weighted by molar-refractivity contribution is 6.53. The highest BCUT2D eigenvalue weighted by Gasteiger charge is 2.67. The fraction of sp³-hybridized carbons (Fsp3) is 0.208. The van der Waals surface area contributed by atoms with Crippen LogP contribution >= 0.6 is 58.0 Å². The standard InChI is InChI=1S/C24H16Cl5FN2O2/c1-11-4-16(31-10-19(11)30)9-20(33)17-8-15(2-3-18(17)27)32-23(34)22-21(24(22,28)29)12-5-13(25)7-14(26)6-12/h2-8,10,21-22H,9H2,1H3,(H,32,34). The molecular weight excluding hydrogens is 545 g/mol. The number of carbonyl (C=O) groups excluding carboxylic acids is 2. The number of Topliss-reactive ketones (excluding diaryl/α,β-unsaturated/α-hetero) is 1. The van der Waals surface area contributed by atoms with Gasteiger partial charge in [0, 0.05) is 32.9 Å². The number of alkyl halides is 2. The first-order chi connectivity index (χ1) is 16.0. The summed E-state index contributed by atoms with van der Waals surface area (Å²) >= 11 is 31.2. The van der Waals surface area contributed by atoms with Crippen LogP contribution < -0.4 is 5.32 Å². The van der Waals surface area contributed by atoms with Gasteiger partial charge in [-0.3, -0.25) is 14.6 Å². The number of nitrogens with zero attached hydrogens (tertiary/aromatic N) is 1. The SMILES string of the molecule is Cc1cc(CC(=O)c2cc(NC(=O)C3C(c4cc(Cl)cc(Cl)c4)C3(Cl)Cl)ccc2Cl)ncc1F. The Morgan fingerprint density at radius 1 is 1.06 bits per heavy atom. The minimum atomic E-state index is -1.34. The molecule has 34 heavy (non-hydrogen) atoms. The predicted octanol–water partition coefficient (Wildman–Crippen LogP) is 7.44. The maximum absolute atomic E-state index is 13.5. The first-order valence-electron chi connectivity index (χ1n) is 10.1. The number of ketones is 1. The molecule has 176 valence electrons. The second-order valence-corrected chi connectivity index (χ2v) is 10.8. The van der Waals surface area contributed by atoms with E-state index in [-0.39, 0.29) is 22.8 Å². The average molecular weight is 561 g/mol. The molecule has 1 aromatic heterocycles. The maximum Gasteiger partial charge on any atom is 0.231 e. The Balaban J connectivity index is 1.51. The largest absolute Gasteiger partial charge is 0.326 e. The van der Waals surface area contributed by atoms with Gasteiger partial charge >= 0.3 is 0 Å². The summed E-state index contributed by atoms with van der Waals surface area (Å²) in [5.74, 6) is -2.48. The van der Waals surface area contributed by atoms with Crippen molar-refractivity contribution in [3.63, 3.8) is 0 Å². The predicted molar refractivity (Wildman–Crippen MR) is 134 cm³/mol. The lowest BCUT2D eigenvalue weighted by Crippen LogP contribution is -2.17. The first-order valence-corrected chi connectivity index (χ1v) is 11.9. The van der Waals surface area contributed by atoms with Crippen LogP contribution in [0.3, 0.4) is 0 Å². The van der Waals surface area contributed by atoms with Crippen molar-refractivity contribution in [2.75, 3.05) is 5.32 Å². The second-order valence-electron chi connectivity index (χ2n) is 8.04. The van der Waals surface area contributed by atoms with E-state index in [1.54, 1.807) is 31.2 Å². The summed E-state index contributed by atoms with van der Waals surface area (Å²) in [5.41, 5.74) is 1.98. The van der Waals surface area contributed by atoms with Crippen molar-refractivity contribution >= 4 is 75.4 Å². The van der Waals surface area contributed by atoms with Gasteiger partial charge < -0.3 is 5.32 Å². The van der Waals surface area contributed by atoms with Crippen molar-refractivity contribution in [2.24, 2.45) is 5.92 Å². The number of aromatic nitrogens is 1. The summed E-state index contributed by atoms with van der Waals surface area (Å²) in [7, 11) is 0. The van der Waals surface area contributed by atoms with Crippen molar-refractivity contribution in [2.45, 2.75) is 23.6 Å². The van der Waals surface area contributed by atoms with Crippen molar-refractivity contribution in [3.05, 3.63) is 91.9 Å². The van der Waals surface area contributed by atoms with Gasteiger partial charge in [-0.05, 0) is 60.5 Å². The number of hydrogen-bond acceptors (Lipinski definition) is 3. The summed E-state index contributed by atoms with van der Waals surface area (Å²) in [5, 5.41) is 3.77. The fourth-order valence-corrected chi connectivity index (χ4v) is 5.41. The molecule has 2 aromatic carbocycles. The third-order valence-corrected chi connectivity index (χ3v) is 7.27. The van der Waals surface area contributed by atoms with Crippen LogP contribution in [0.4, 0.5) is 10.1 Å². The van der Waals surface area contributed by atoms with Gasteiger partial charge in [0.05, 0.1) is 23.6 Å². The number of benzene rings is 2. The summed E-state index contributed by atoms with van der Waals surface area (Å²) in [6.45, 7) is 1.59. The Bertz CT molecular complexity index is 1290. The fourth-order valence-electron chi connectivity index (χ4n) is 3.81. The molecule has 2 unspecified atom stereocenters. The molecule has 0 bridgehead atoms. The van der Waals surface area contributed by atoms with Gasteiger partial charge in [-0.25, -0.2) is 4.39 Å². The van der Waals surface area contributed by atoms with E-state index in [9.17, 15) is 14.0 Å². The van der Waals surface area contributed by atoms with Crippen LogP contribution in [0.2, 0.25) is 15.1 Å². The lowest BCUT2D eigenvalue weighted by molar-refractivity contribution is -0.117. The van der Waals surface area contributed by atoms with Gasteiger partial charge in [-0.1, -0.05) is 34.8 Å². The number of anilines is 1. The Labute approximate surface area is 220 Å². The molecule has 4 nitrogen and oxygen atoms in total. The Hall–Kier alpha value is -1.89. The summed E-state index contributed by atoms with van der Waals surface area (Å²) in [6.07, 6.45) is 0.991. The molecule has 10 heteroatoms. The number of amides is 1. The van der Waals surface area contributed by atoms with Crippen molar-refractivity contribution in [3.8, 4) is 0 Å². The van der Waals surface area contributed by atoms with E-state index in [2.05, 4.69) is 10.3 Å². The Morgan fingerprint density at radius 2 is 1.74 bits per heavy atom. The number of pyridine rings is 1. The highest BCUT2D eigenvalue weighted by atomic mass is 35.5. The van der Waals surface area contributed by atoms with Crippen molar-refractivity contribution in [1.29, 1.82) is 0 Å². The zero-order valence-corrected chi connectivity index (χ0v) is 21.3. The molecule has 1 amide bonds. The molecule has 2 atom stereocenters. The van der Waals surface area contributed by atoms with Crippen LogP contribution in [0.5, 0.6) is 0 Å². The van der Waals surface area contributed by atoms with Gasteiger partial charge in [-0.15, -0.1) is 23.2 Å². The van der Waals surface area contributed by atoms with E-state index < -0.39 is 27.9 Å². The number of carbonyl (C=O) groups is 2. The van der Waals surface area contributed by atoms with Gasteiger partial charge in [0.1, 0.15) is 10.2 Å². The summed E-state index contributed by atoms with van der Waals surface area (Å²) in [4.78, 5) is 29.7. The third-order valence-electron chi connectivity index (χ3n) is 5.56. The minimum absolute atomic E-state index is 0.0784. The molecule has 1 saturated carbocycles. The molecule has 0 radical (unpaired) electrons. The van der Waals surface area contributed by atoms with Crippen molar-refractivity contribution in [1.82, 2.24) is 4.98 Å². The quantitative estimate of drug-likeness (QED) is 0.252. The maximum atomic E-state index is 13.5. The van der Waals surface area contributed by atoms with Crippen LogP contribution in [-0.2, 0) is 11.2 Å². The van der Waals surface area contributed by atoms with Crippen LogP contribution in [0.1, 0.15) is 33.1 Å². The van der Waals surface area contributed by atoms with E-state index in [0.29, 0.717) is 32.6 Å². The number of rotatable bonds is 6. The molecule has 1 aliphatic carbocycles. The number of aryl methyl sites for hydroxylation is 1. The van der Waals surface area contributed by atoms with Gasteiger partial charge in [0.2, 0.25) is 5.91 Å². The van der Waals surface area contributed by atoms with E-state index in [4.69, 9.17) is 58.0 Å². The normalized spacial score (nSPS) is 18.4. The summed E-state index contributed by atoms with van der Waals surface area (Å²) in [6, 6.07) is 10.9. The monoisotopic (exact) mass is 558 g/mol. The lowest BCUT2D eigenvalue weighted by atomic mass is 10.0. The van der Waals surface area contributed by atoms with Crippen LogP contribution in [0.25, 0.3) is 0 Å². The van der Waals surface area contributed by atoms with Crippen LogP contribution in [0.15, 0.2) is 48.7 Å².